The van der Waals surface area contributed by atoms with Crippen molar-refractivity contribution >= 4 is 7.12 Å². The van der Waals surface area contributed by atoms with Gasteiger partial charge in [-0.1, -0.05) is 19.3 Å². The summed E-state index contributed by atoms with van der Waals surface area (Å²) in [6, 6.07) is 0. The molecule has 0 radical (unpaired) electrons. The molecule has 2 aliphatic carbocycles. The minimum atomic E-state index is -1.04. The van der Waals surface area contributed by atoms with Gasteiger partial charge in [-0.3, -0.25) is 0 Å². The van der Waals surface area contributed by atoms with Crippen molar-refractivity contribution < 1.29 is 10.0 Å². The average molecular weight is 140 g/mol. The van der Waals surface area contributed by atoms with Crippen LogP contribution in [0.3, 0.4) is 0 Å². The lowest BCUT2D eigenvalue weighted by Crippen LogP contribution is -2.25. The summed E-state index contributed by atoms with van der Waals surface area (Å²) in [5.41, 5.74) is 0. The zero-order valence-corrected chi connectivity index (χ0v) is 6.08. The van der Waals surface area contributed by atoms with Crippen LogP contribution in [0.2, 0.25) is 5.31 Å². The van der Waals surface area contributed by atoms with Crippen LogP contribution < -0.4 is 0 Å². The van der Waals surface area contributed by atoms with Crippen molar-refractivity contribution in [3.8, 4) is 0 Å². The second kappa shape index (κ2) is 1.99. The standard InChI is InChI=1S/C7H13BO2/c9-8(10)7-4-2-1-3-6(7)5-7/h6,9-10H,1-5H2/t6-,7-/m1/s1. The van der Waals surface area contributed by atoms with E-state index in [0.29, 0.717) is 5.92 Å². The fraction of sp³-hybridized carbons (Fsp3) is 1.00. The molecule has 0 aromatic rings. The van der Waals surface area contributed by atoms with Crippen LogP contribution in [-0.2, 0) is 0 Å². The van der Waals surface area contributed by atoms with E-state index in [1.807, 2.05) is 0 Å². The molecule has 10 heavy (non-hydrogen) atoms. The first-order chi connectivity index (χ1) is 4.76. The van der Waals surface area contributed by atoms with E-state index in [1.54, 1.807) is 0 Å². The highest BCUT2D eigenvalue weighted by Gasteiger charge is 2.61. The van der Waals surface area contributed by atoms with E-state index in [1.165, 1.54) is 19.3 Å². The van der Waals surface area contributed by atoms with Gasteiger partial charge in [0, 0.05) is 5.31 Å². The van der Waals surface area contributed by atoms with Crippen molar-refractivity contribution in [1.82, 2.24) is 0 Å². The van der Waals surface area contributed by atoms with Gasteiger partial charge in [0.15, 0.2) is 0 Å². The second-order valence-electron chi connectivity index (χ2n) is 3.75. The molecule has 0 unspecified atom stereocenters. The van der Waals surface area contributed by atoms with Gasteiger partial charge in [-0.2, -0.15) is 0 Å². The number of fused-ring (bicyclic) bond motifs is 1. The third kappa shape index (κ3) is 0.737. The summed E-state index contributed by atoms with van der Waals surface area (Å²) in [4.78, 5) is 0. The Hall–Kier alpha value is -0.0151. The Morgan fingerprint density at radius 2 is 2.10 bits per heavy atom. The molecule has 56 valence electrons. The third-order valence-corrected chi connectivity index (χ3v) is 3.24. The number of rotatable bonds is 1. The van der Waals surface area contributed by atoms with Crippen LogP contribution in [0.1, 0.15) is 32.1 Å². The molecule has 0 saturated heterocycles. The average Bonchev–Trinajstić information content (AvgIpc) is 2.61. The van der Waals surface area contributed by atoms with Gasteiger partial charge >= 0.3 is 7.12 Å². The summed E-state index contributed by atoms with van der Waals surface area (Å²) in [7, 11) is -1.04. The molecule has 2 rings (SSSR count). The SMILES string of the molecule is OB(O)[C@@]12CCCC[C@@H]1C2. The van der Waals surface area contributed by atoms with Gasteiger partial charge in [-0.25, -0.2) is 0 Å². The van der Waals surface area contributed by atoms with Gasteiger partial charge in [0.1, 0.15) is 0 Å². The summed E-state index contributed by atoms with van der Waals surface area (Å²) in [6.07, 6.45) is 5.80. The molecule has 2 nitrogen and oxygen atoms in total. The molecule has 0 aromatic carbocycles. The molecule has 0 amide bonds. The second-order valence-corrected chi connectivity index (χ2v) is 3.75. The van der Waals surface area contributed by atoms with Crippen LogP contribution in [0, 0.1) is 5.92 Å². The molecule has 0 aromatic heterocycles. The van der Waals surface area contributed by atoms with Crippen molar-refractivity contribution in [3.05, 3.63) is 0 Å². The Kier molecular flexibility index (Phi) is 1.33. The van der Waals surface area contributed by atoms with Gasteiger partial charge in [0.2, 0.25) is 0 Å². The predicted octanol–water partition coefficient (Wildman–Crippen LogP) is 0.793. The molecule has 2 fully saturated rings. The minimum Gasteiger partial charge on any atom is -0.427 e. The summed E-state index contributed by atoms with van der Waals surface area (Å²) >= 11 is 0. The Balaban J connectivity index is 2.05. The normalized spacial score (nSPS) is 44.4. The monoisotopic (exact) mass is 140 g/mol. The molecule has 0 bridgehead atoms. The van der Waals surface area contributed by atoms with Crippen molar-refractivity contribution in [2.75, 3.05) is 0 Å². The number of hydrogen-bond acceptors (Lipinski definition) is 2. The van der Waals surface area contributed by atoms with Gasteiger partial charge in [-0.15, -0.1) is 0 Å². The molecule has 2 aliphatic rings. The van der Waals surface area contributed by atoms with Gasteiger partial charge in [0.05, 0.1) is 0 Å². The first-order valence-corrected chi connectivity index (χ1v) is 4.12. The zero-order chi connectivity index (χ0) is 7.19. The third-order valence-electron chi connectivity index (χ3n) is 3.24. The maximum absolute atomic E-state index is 9.03. The van der Waals surface area contributed by atoms with Gasteiger partial charge < -0.3 is 10.0 Å². The molecule has 0 spiro atoms. The van der Waals surface area contributed by atoms with Crippen LogP contribution in [0.25, 0.3) is 0 Å². The smallest absolute Gasteiger partial charge is 0.427 e. The maximum Gasteiger partial charge on any atom is 0.458 e. The quantitative estimate of drug-likeness (QED) is 0.528. The fourth-order valence-corrected chi connectivity index (χ4v) is 2.39. The maximum atomic E-state index is 9.03. The van der Waals surface area contributed by atoms with E-state index in [4.69, 9.17) is 10.0 Å². The number of hydrogen-bond donors (Lipinski definition) is 2. The predicted molar refractivity (Wildman–Crippen MR) is 39.5 cm³/mol. The lowest BCUT2D eigenvalue weighted by molar-refractivity contribution is 0.344. The lowest BCUT2D eigenvalue weighted by Gasteiger charge is -2.20. The Bertz CT molecular complexity index is 149. The summed E-state index contributed by atoms with van der Waals surface area (Å²) < 4.78 is 0. The van der Waals surface area contributed by atoms with E-state index < -0.39 is 7.12 Å². The zero-order valence-electron chi connectivity index (χ0n) is 6.08. The molecular formula is C7H13BO2. The molecule has 2 atom stereocenters. The molecular weight excluding hydrogens is 127 g/mol. The summed E-state index contributed by atoms with van der Waals surface area (Å²) in [5.74, 6) is 0.640. The highest BCUT2D eigenvalue weighted by Crippen LogP contribution is 2.68. The van der Waals surface area contributed by atoms with E-state index in [0.717, 1.165) is 12.8 Å². The molecule has 2 N–H and O–H groups in total. The first kappa shape index (κ1) is 6.68. The molecule has 0 heterocycles. The summed E-state index contributed by atoms with van der Waals surface area (Å²) in [6.45, 7) is 0. The first-order valence-electron chi connectivity index (χ1n) is 4.12. The summed E-state index contributed by atoms with van der Waals surface area (Å²) in [5, 5.41) is 18.0. The van der Waals surface area contributed by atoms with Gasteiger partial charge in [-0.05, 0) is 18.8 Å². The van der Waals surface area contributed by atoms with E-state index in [9.17, 15) is 0 Å². The van der Waals surface area contributed by atoms with Crippen LogP contribution in [0.5, 0.6) is 0 Å². The Morgan fingerprint density at radius 1 is 1.30 bits per heavy atom. The van der Waals surface area contributed by atoms with Crippen LogP contribution in [0.15, 0.2) is 0 Å². The molecule has 0 aliphatic heterocycles. The fourth-order valence-electron chi connectivity index (χ4n) is 2.39. The van der Waals surface area contributed by atoms with Crippen LogP contribution in [0.4, 0.5) is 0 Å². The van der Waals surface area contributed by atoms with Crippen molar-refractivity contribution in [2.45, 2.75) is 37.4 Å². The van der Waals surface area contributed by atoms with Crippen molar-refractivity contribution in [3.63, 3.8) is 0 Å². The van der Waals surface area contributed by atoms with Crippen molar-refractivity contribution in [1.29, 1.82) is 0 Å². The van der Waals surface area contributed by atoms with Crippen LogP contribution >= 0.6 is 0 Å². The van der Waals surface area contributed by atoms with E-state index in [2.05, 4.69) is 0 Å². The van der Waals surface area contributed by atoms with E-state index >= 15 is 0 Å². The van der Waals surface area contributed by atoms with E-state index in [-0.39, 0.29) is 5.31 Å². The topological polar surface area (TPSA) is 40.5 Å². The van der Waals surface area contributed by atoms with Crippen molar-refractivity contribution in [2.24, 2.45) is 5.92 Å². The minimum absolute atomic E-state index is 0.0434. The highest BCUT2D eigenvalue weighted by molar-refractivity contribution is 6.47. The lowest BCUT2D eigenvalue weighted by atomic mass is 9.62. The Morgan fingerprint density at radius 3 is 2.60 bits per heavy atom. The highest BCUT2D eigenvalue weighted by atomic mass is 16.4. The molecule has 3 heteroatoms. The Labute approximate surface area is 61.4 Å². The largest absolute Gasteiger partial charge is 0.458 e. The van der Waals surface area contributed by atoms with Crippen LogP contribution in [-0.4, -0.2) is 17.2 Å². The van der Waals surface area contributed by atoms with Gasteiger partial charge in [0.25, 0.3) is 0 Å². The molecule has 2 saturated carbocycles.